The smallest absolute Gasteiger partial charge is 0.307 e. The fourth-order valence-electron chi connectivity index (χ4n) is 1.86. The molecule has 0 aliphatic rings. The molecular formula is C13H17F2NO2. The van der Waals surface area contributed by atoms with Crippen molar-refractivity contribution in [1.29, 1.82) is 0 Å². The number of hydrogen-bond donors (Lipinski definition) is 1. The quantitative estimate of drug-likeness (QED) is 0.823. The van der Waals surface area contributed by atoms with Crippen molar-refractivity contribution in [1.82, 2.24) is 5.32 Å². The van der Waals surface area contributed by atoms with E-state index in [0.29, 0.717) is 12.1 Å². The molecule has 0 aliphatic carbocycles. The van der Waals surface area contributed by atoms with Crippen molar-refractivity contribution in [2.45, 2.75) is 25.8 Å². The average Bonchev–Trinajstić information content (AvgIpc) is 2.32. The standard InChI is InChI=1S/C13H17F2NO2/c1-4-16-13(2,8-12(17)18-3)9-5-6-10(14)11(15)7-9/h5-7,16H,4,8H2,1-3H3. The maximum Gasteiger partial charge on any atom is 0.307 e. The number of nitrogens with one attached hydrogen (secondary N) is 1. The van der Waals surface area contributed by atoms with Crippen molar-refractivity contribution in [3.63, 3.8) is 0 Å². The van der Waals surface area contributed by atoms with Gasteiger partial charge in [-0.25, -0.2) is 8.78 Å². The maximum absolute atomic E-state index is 13.3. The fourth-order valence-corrected chi connectivity index (χ4v) is 1.86. The van der Waals surface area contributed by atoms with Crippen LogP contribution in [-0.4, -0.2) is 19.6 Å². The Morgan fingerprint density at radius 1 is 1.39 bits per heavy atom. The molecule has 100 valence electrons. The molecule has 1 N–H and O–H groups in total. The fraction of sp³-hybridized carbons (Fsp3) is 0.462. The highest BCUT2D eigenvalue weighted by Gasteiger charge is 2.29. The summed E-state index contributed by atoms with van der Waals surface area (Å²) in [6.07, 6.45) is 0.0441. The summed E-state index contributed by atoms with van der Waals surface area (Å²) in [5, 5.41) is 3.10. The highest BCUT2D eigenvalue weighted by Crippen LogP contribution is 2.26. The maximum atomic E-state index is 13.3. The molecular weight excluding hydrogens is 240 g/mol. The first-order valence-electron chi connectivity index (χ1n) is 5.70. The van der Waals surface area contributed by atoms with E-state index >= 15 is 0 Å². The Morgan fingerprint density at radius 3 is 2.56 bits per heavy atom. The van der Waals surface area contributed by atoms with E-state index in [2.05, 4.69) is 10.1 Å². The molecule has 1 rings (SSSR count). The zero-order valence-corrected chi connectivity index (χ0v) is 10.7. The lowest BCUT2D eigenvalue weighted by atomic mass is 9.88. The largest absolute Gasteiger partial charge is 0.469 e. The molecule has 18 heavy (non-hydrogen) atoms. The molecule has 0 aliphatic heterocycles. The predicted molar refractivity (Wildman–Crippen MR) is 64.0 cm³/mol. The number of esters is 1. The molecule has 0 aromatic heterocycles. The van der Waals surface area contributed by atoms with Gasteiger partial charge in [0.25, 0.3) is 0 Å². The highest BCUT2D eigenvalue weighted by molar-refractivity contribution is 5.71. The lowest BCUT2D eigenvalue weighted by Crippen LogP contribution is -2.41. The monoisotopic (exact) mass is 257 g/mol. The number of methoxy groups -OCH3 is 1. The van der Waals surface area contributed by atoms with Crippen LogP contribution in [0.4, 0.5) is 8.78 Å². The van der Waals surface area contributed by atoms with E-state index in [-0.39, 0.29) is 6.42 Å². The Kier molecular flexibility index (Phi) is 4.78. The molecule has 0 saturated carbocycles. The van der Waals surface area contributed by atoms with Crippen molar-refractivity contribution in [3.05, 3.63) is 35.4 Å². The van der Waals surface area contributed by atoms with E-state index in [4.69, 9.17) is 0 Å². The first kappa shape index (κ1) is 14.6. The van der Waals surface area contributed by atoms with Gasteiger partial charge in [0.15, 0.2) is 11.6 Å². The molecule has 0 saturated heterocycles. The molecule has 1 aromatic carbocycles. The van der Waals surface area contributed by atoms with Crippen molar-refractivity contribution < 1.29 is 18.3 Å². The average molecular weight is 257 g/mol. The number of carbonyl (C=O) groups excluding carboxylic acids is 1. The molecule has 1 atom stereocenters. The summed E-state index contributed by atoms with van der Waals surface area (Å²) in [6.45, 7) is 4.21. The Labute approximate surface area is 105 Å². The molecule has 1 unspecified atom stereocenters. The number of carbonyl (C=O) groups is 1. The predicted octanol–water partition coefficient (Wildman–Crippen LogP) is 2.35. The van der Waals surface area contributed by atoms with Crippen LogP contribution in [-0.2, 0) is 15.1 Å². The molecule has 0 heterocycles. The van der Waals surface area contributed by atoms with Crippen molar-refractivity contribution in [2.24, 2.45) is 0 Å². The summed E-state index contributed by atoms with van der Waals surface area (Å²) in [5.41, 5.74) is -0.273. The summed E-state index contributed by atoms with van der Waals surface area (Å²) in [7, 11) is 1.29. The van der Waals surface area contributed by atoms with Crippen LogP contribution in [0, 0.1) is 11.6 Å². The first-order chi connectivity index (χ1) is 8.42. The van der Waals surface area contributed by atoms with E-state index in [0.717, 1.165) is 12.1 Å². The summed E-state index contributed by atoms with van der Waals surface area (Å²) < 4.78 is 30.8. The van der Waals surface area contributed by atoms with Crippen LogP contribution in [0.3, 0.4) is 0 Å². The molecule has 0 bridgehead atoms. The minimum Gasteiger partial charge on any atom is -0.469 e. The normalized spacial score (nSPS) is 14.1. The van der Waals surface area contributed by atoms with Crippen LogP contribution >= 0.6 is 0 Å². The molecule has 0 amide bonds. The molecule has 5 heteroatoms. The van der Waals surface area contributed by atoms with Gasteiger partial charge < -0.3 is 10.1 Å². The van der Waals surface area contributed by atoms with Crippen LogP contribution in [0.5, 0.6) is 0 Å². The van der Waals surface area contributed by atoms with Gasteiger partial charge in [-0.1, -0.05) is 13.0 Å². The third kappa shape index (κ3) is 3.26. The van der Waals surface area contributed by atoms with Gasteiger partial charge in [-0.05, 0) is 31.2 Å². The topological polar surface area (TPSA) is 38.3 Å². The van der Waals surface area contributed by atoms with E-state index in [9.17, 15) is 13.6 Å². The van der Waals surface area contributed by atoms with Crippen LogP contribution < -0.4 is 5.32 Å². The first-order valence-corrected chi connectivity index (χ1v) is 5.70. The van der Waals surface area contributed by atoms with E-state index < -0.39 is 23.1 Å². The Bertz CT molecular complexity index is 437. The number of rotatable bonds is 5. The second-order valence-corrected chi connectivity index (χ2v) is 4.24. The van der Waals surface area contributed by atoms with Crippen LogP contribution in [0.25, 0.3) is 0 Å². The Morgan fingerprint density at radius 2 is 2.06 bits per heavy atom. The second-order valence-electron chi connectivity index (χ2n) is 4.24. The molecule has 0 fully saturated rings. The third-order valence-corrected chi connectivity index (χ3v) is 2.85. The van der Waals surface area contributed by atoms with Gasteiger partial charge in [0.1, 0.15) is 0 Å². The van der Waals surface area contributed by atoms with Gasteiger partial charge >= 0.3 is 5.97 Å². The second kappa shape index (κ2) is 5.91. The highest BCUT2D eigenvalue weighted by atomic mass is 19.2. The van der Waals surface area contributed by atoms with E-state index in [1.807, 2.05) is 6.92 Å². The van der Waals surface area contributed by atoms with Gasteiger partial charge in [0, 0.05) is 0 Å². The van der Waals surface area contributed by atoms with Crippen molar-refractivity contribution in [3.8, 4) is 0 Å². The lowest BCUT2D eigenvalue weighted by molar-refractivity contribution is -0.142. The van der Waals surface area contributed by atoms with Crippen molar-refractivity contribution >= 4 is 5.97 Å². The molecule has 1 aromatic rings. The zero-order valence-electron chi connectivity index (χ0n) is 10.7. The van der Waals surface area contributed by atoms with Crippen molar-refractivity contribution in [2.75, 3.05) is 13.7 Å². The number of hydrogen-bond acceptors (Lipinski definition) is 3. The zero-order chi connectivity index (χ0) is 13.8. The summed E-state index contributed by atoms with van der Waals surface area (Å²) in [4.78, 5) is 11.4. The number of ether oxygens (including phenoxy) is 1. The molecule has 0 radical (unpaired) electrons. The van der Waals surface area contributed by atoms with Gasteiger partial charge in [0.2, 0.25) is 0 Å². The number of halogens is 2. The van der Waals surface area contributed by atoms with Crippen LogP contribution in [0.2, 0.25) is 0 Å². The summed E-state index contributed by atoms with van der Waals surface area (Å²) >= 11 is 0. The minimum absolute atomic E-state index is 0.0441. The lowest BCUT2D eigenvalue weighted by Gasteiger charge is -2.30. The molecule has 0 spiro atoms. The van der Waals surface area contributed by atoms with Crippen LogP contribution in [0.15, 0.2) is 18.2 Å². The van der Waals surface area contributed by atoms with Crippen LogP contribution in [0.1, 0.15) is 25.8 Å². The van der Waals surface area contributed by atoms with Gasteiger partial charge in [-0.2, -0.15) is 0 Å². The van der Waals surface area contributed by atoms with Gasteiger partial charge in [-0.3, -0.25) is 4.79 Å². The van der Waals surface area contributed by atoms with E-state index in [1.165, 1.54) is 13.2 Å². The Balaban J connectivity index is 3.09. The van der Waals surface area contributed by atoms with Gasteiger partial charge in [0.05, 0.1) is 19.1 Å². The number of benzene rings is 1. The summed E-state index contributed by atoms with van der Waals surface area (Å²) in [6, 6.07) is 3.61. The third-order valence-electron chi connectivity index (χ3n) is 2.85. The Hall–Kier alpha value is -1.49. The SMILES string of the molecule is CCNC(C)(CC(=O)OC)c1ccc(F)c(F)c1. The minimum atomic E-state index is -0.929. The molecule has 3 nitrogen and oxygen atoms in total. The van der Waals surface area contributed by atoms with E-state index in [1.54, 1.807) is 6.92 Å². The van der Waals surface area contributed by atoms with Gasteiger partial charge in [-0.15, -0.1) is 0 Å². The summed E-state index contributed by atoms with van der Waals surface area (Å²) in [5.74, 6) is -2.25.